The van der Waals surface area contributed by atoms with E-state index in [9.17, 15) is 24.3 Å². The molecule has 2 amide bonds. The minimum absolute atomic E-state index is 0.0448. The van der Waals surface area contributed by atoms with Gasteiger partial charge >= 0.3 is 11.9 Å². The molecule has 1 saturated heterocycles. The minimum atomic E-state index is -1.32. The Labute approximate surface area is 196 Å². The summed E-state index contributed by atoms with van der Waals surface area (Å²) in [6.07, 6.45) is 0. The maximum atomic E-state index is 12.8. The number of carbonyl (C=O) groups is 4. The van der Waals surface area contributed by atoms with E-state index in [1.165, 1.54) is 18.7 Å². The molecule has 2 aliphatic heterocycles. The summed E-state index contributed by atoms with van der Waals surface area (Å²) >= 11 is 18.9. The van der Waals surface area contributed by atoms with Crippen molar-refractivity contribution >= 4 is 75.9 Å². The Morgan fingerprint density at radius 3 is 2.45 bits per heavy atom. The molecule has 1 fully saturated rings. The quantitative estimate of drug-likeness (QED) is 0.347. The van der Waals surface area contributed by atoms with Gasteiger partial charge in [0, 0.05) is 23.3 Å². The number of benzene rings is 1. The van der Waals surface area contributed by atoms with Crippen LogP contribution in [-0.2, 0) is 23.9 Å². The van der Waals surface area contributed by atoms with Gasteiger partial charge in [-0.3, -0.25) is 19.3 Å². The van der Waals surface area contributed by atoms with E-state index in [1.54, 1.807) is 24.3 Å². The summed E-state index contributed by atoms with van der Waals surface area (Å²) in [5.74, 6) is -2.97. The molecule has 0 bridgehead atoms. The molecular formula is C19H15Cl3N2O6S. The summed E-state index contributed by atoms with van der Waals surface area (Å²) in [5, 5.41) is 12.0. The van der Waals surface area contributed by atoms with Gasteiger partial charge in [0.15, 0.2) is 0 Å². The zero-order valence-corrected chi connectivity index (χ0v) is 18.9. The van der Waals surface area contributed by atoms with E-state index in [1.807, 2.05) is 0 Å². The number of hydrogen-bond donors (Lipinski definition) is 2. The normalized spacial score (nSPS) is 19.9. The van der Waals surface area contributed by atoms with Crippen LogP contribution in [-0.4, -0.2) is 57.5 Å². The highest BCUT2D eigenvalue weighted by Crippen LogP contribution is 2.40. The molecule has 164 valence electrons. The third kappa shape index (κ3) is 4.85. The number of carbonyl (C=O) groups excluding carboxylic acids is 3. The van der Waals surface area contributed by atoms with Crippen molar-refractivity contribution in [3.8, 4) is 0 Å². The number of aliphatic carboxylic acids is 1. The lowest BCUT2D eigenvalue weighted by Gasteiger charge is -2.49. The Morgan fingerprint density at radius 2 is 1.90 bits per heavy atom. The number of halogens is 3. The van der Waals surface area contributed by atoms with Gasteiger partial charge in [-0.2, -0.15) is 0 Å². The summed E-state index contributed by atoms with van der Waals surface area (Å²) in [4.78, 5) is 49.4. The van der Waals surface area contributed by atoms with E-state index in [-0.39, 0.29) is 28.1 Å². The number of esters is 1. The first kappa shape index (κ1) is 23.5. The fourth-order valence-corrected chi connectivity index (χ4v) is 4.98. The van der Waals surface area contributed by atoms with Gasteiger partial charge in [-0.1, -0.05) is 46.9 Å². The van der Waals surface area contributed by atoms with Crippen molar-refractivity contribution in [2.75, 3.05) is 12.4 Å². The molecule has 31 heavy (non-hydrogen) atoms. The van der Waals surface area contributed by atoms with Crippen LogP contribution in [0, 0.1) is 0 Å². The van der Waals surface area contributed by atoms with Crippen LogP contribution in [0.1, 0.15) is 12.5 Å². The maximum Gasteiger partial charge on any atom is 0.352 e. The van der Waals surface area contributed by atoms with Crippen molar-refractivity contribution in [3.63, 3.8) is 0 Å². The van der Waals surface area contributed by atoms with E-state index < -0.39 is 35.2 Å². The van der Waals surface area contributed by atoms with Crippen molar-refractivity contribution in [2.24, 2.45) is 0 Å². The highest BCUT2D eigenvalue weighted by atomic mass is 35.5. The highest BCUT2D eigenvalue weighted by molar-refractivity contribution is 8.00. The minimum Gasteiger partial charge on any atom is -0.477 e. The van der Waals surface area contributed by atoms with Gasteiger partial charge in [-0.15, -0.1) is 11.8 Å². The van der Waals surface area contributed by atoms with Crippen LogP contribution in [0.25, 0.3) is 5.57 Å². The van der Waals surface area contributed by atoms with Crippen LogP contribution in [0.2, 0.25) is 5.02 Å². The summed E-state index contributed by atoms with van der Waals surface area (Å²) in [5.41, 5.74) is 0.408. The van der Waals surface area contributed by atoms with Gasteiger partial charge in [-0.05, 0) is 17.7 Å². The van der Waals surface area contributed by atoms with Gasteiger partial charge in [-0.25, -0.2) is 4.79 Å². The largest absolute Gasteiger partial charge is 0.477 e. The number of ether oxygens (including phenoxy) is 1. The molecule has 2 heterocycles. The average molecular weight is 506 g/mol. The molecule has 2 atom stereocenters. The lowest BCUT2D eigenvalue weighted by atomic mass is 10.0. The second-order valence-electron chi connectivity index (χ2n) is 6.54. The number of rotatable bonds is 6. The molecule has 0 aliphatic carbocycles. The summed E-state index contributed by atoms with van der Waals surface area (Å²) in [6, 6.07) is 5.25. The Kier molecular flexibility index (Phi) is 7.20. The number of amides is 2. The van der Waals surface area contributed by atoms with Crippen molar-refractivity contribution in [3.05, 3.63) is 50.6 Å². The molecule has 8 nitrogen and oxygen atoms in total. The second kappa shape index (κ2) is 9.52. The first-order chi connectivity index (χ1) is 14.6. The van der Waals surface area contributed by atoms with E-state index >= 15 is 0 Å². The molecule has 0 radical (unpaired) electrons. The van der Waals surface area contributed by atoms with Crippen LogP contribution >= 0.6 is 46.6 Å². The molecule has 1 aromatic rings. The van der Waals surface area contributed by atoms with Crippen molar-refractivity contribution in [1.29, 1.82) is 0 Å². The van der Waals surface area contributed by atoms with Crippen molar-refractivity contribution in [1.82, 2.24) is 10.2 Å². The van der Waals surface area contributed by atoms with Gasteiger partial charge in [0.05, 0.1) is 5.57 Å². The predicted molar refractivity (Wildman–Crippen MR) is 116 cm³/mol. The van der Waals surface area contributed by atoms with Crippen LogP contribution in [0.4, 0.5) is 0 Å². The third-order valence-electron chi connectivity index (χ3n) is 4.54. The molecule has 2 N–H and O–H groups in total. The lowest BCUT2D eigenvalue weighted by molar-refractivity contribution is -0.150. The summed E-state index contributed by atoms with van der Waals surface area (Å²) in [6.45, 7) is 0.969. The Morgan fingerprint density at radius 1 is 1.26 bits per heavy atom. The monoisotopic (exact) mass is 504 g/mol. The number of nitrogens with zero attached hydrogens (tertiary/aromatic N) is 1. The molecule has 12 heteroatoms. The van der Waals surface area contributed by atoms with Crippen molar-refractivity contribution < 1.29 is 29.0 Å². The topological polar surface area (TPSA) is 113 Å². The number of thioether (sulfide) groups is 1. The van der Waals surface area contributed by atoms with E-state index in [0.717, 1.165) is 4.90 Å². The standard InChI is InChI=1S/C19H15Cl3N2O6S/c1-8(25)30-6-10-7-31-18-13(17(27)24(18)14(10)19(28)29)23-16(26)12(15(21)22)9-2-4-11(20)5-3-9/h2-5,13,18H,6-7H2,1H3,(H,23,26)(H,28,29)/t13?,18-/m1/s1. The maximum absolute atomic E-state index is 12.8. The summed E-state index contributed by atoms with van der Waals surface area (Å²) < 4.78 is 4.59. The van der Waals surface area contributed by atoms with E-state index in [2.05, 4.69) is 5.32 Å². The fraction of sp³-hybridized carbons (Fsp3) is 0.263. The Hall–Kier alpha value is -2.20. The van der Waals surface area contributed by atoms with Crippen LogP contribution in [0.5, 0.6) is 0 Å². The SMILES string of the molecule is CC(=O)OCC1=C(C(=O)O)N2C(=O)C(NC(=O)C(=C(Cl)Cl)c3ccc(Cl)cc3)[C@H]2SC1. The number of β-lactam (4-membered cyclic amide) rings is 1. The third-order valence-corrected chi connectivity index (χ3v) is 6.50. The molecule has 0 saturated carbocycles. The van der Waals surface area contributed by atoms with Gasteiger partial charge in [0.25, 0.3) is 11.8 Å². The Bertz CT molecular complexity index is 1020. The molecular weight excluding hydrogens is 491 g/mol. The molecule has 1 aromatic carbocycles. The van der Waals surface area contributed by atoms with Crippen LogP contribution < -0.4 is 5.32 Å². The molecule has 3 rings (SSSR count). The highest BCUT2D eigenvalue weighted by Gasteiger charge is 2.54. The lowest BCUT2D eigenvalue weighted by Crippen LogP contribution is -2.70. The number of carboxylic acids is 1. The predicted octanol–water partition coefficient (Wildman–Crippen LogP) is 2.79. The number of nitrogens with one attached hydrogen (secondary N) is 1. The van der Waals surface area contributed by atoms with Crippen LogP contribution in [0.15, 0.2) is 40.0 Å². The number of carboxylic acid groups (broad SMARTS) is 1. The zero-order chi connectivity index (χ0) is 22.9. The number of fused-ring (bicyclic) bond motifs is 1. The van der Waals surface area contributed by atoms with Gasteiger partial charge < -0.3 is 15.2 Å². The smallest absolute Gasteiger partial charge is 0.352 e. The summed E-state index contributed by atoms with van der Waals surface area (Å²) in [7, 11) is 0. The molecule has 2 aliphatic rings. The Balaban J connectivity index is 1.80. The van der Waals surface area contributed by atoms with Gasteiger partial charge in [0.2, 0.25) is 0 Å². The first-order valence-electron chi connectivity index (χ1n) is 8.77. The number of hydrogen-bond acceptors (Lipinski definition) is 6. The van der Waals surface area contributed by atoms with E-state index in [4.69, 9.17) is 39.5 Å². The molecule has 0 aromatic heterocycles. The van der Waals surface area contributed by atoms with Crippen molar-refractivity contribution in [2.45, 2.75) is 18.3 Å². The van der Waals surface area contributed by atoms with Gasteiger partial charge in [0.1, 0.15) is 28.2 Å². The average Bonchev–Trinajstić information content (AvgIpc) is 2.70. The molecule has 0 spiro atoms. The first-order valence-corrected chi connectivity index (χ1v) is 11.0. The van der Waals surface area contributed by atoms with E-state index in [0.29, 0.717) is 16.2 Å². The zero-order valence-electron chi connectivity index (χ0n) is 15.9. The fourth-order valence-electron chi connectivity index (χ4n) is 3.14. The van der Waals surface area contributed by atoms with Crippen LogP contribution in [0.3, 0.4) is 0 Å². The molecule has 1 unspecified atom stereocenters. The second-order valence-corrected chi connectivity index (χ2v) is 9.03.